The van der Waals surface area contributed by atoms with Gasteiger partial charge >= 0.3 is 0 Å². The van der Waals surface area contributed by atoms with Crippen LogP contribution >= 0.6 is 11.6 Å². The summed E-state index contributed by atoms with van der Waals surface area (Å²) in [7, 11) is 0. The van der Waals surface area contributed by atoms with Crippen LogP contribution in [0.15, 0.2) is 12.3 Å². The van der Waals surface area contributed by atoms with Crippen LogP contribution in [0, 0.1) is 6.92 Å². The average molecular weight is 297 g/mol. The van der Waals surface area contributed by atoms with Crippen LogP contribution in [0.2, 0.25) is 0 Å². The number of nitrogens with two attached hydrogens (primary N) is 1. The molecule has 2 N–H and O–H groups in total. The third kappa shape index (κ3) is 3.46. The lowest BCUT2D eigenvalue weighted by molar-refractivity contribution is -0.122. The normalized spacial score (nSPS) is 11.1. The highest BCUT2D eigenvalue weighted by Gasteiger charge is 2.11. The highest BCUT2D eigenvalue weighted by molar-refractivity contribution is 6.17. The lowest BCUT2D eigenvalue weighted by Crippen LogP contribution is -2.20. The van der Waals surface area contributed by atoms with Crippen LogP contribution in [0.1, 0.15) is 11.4 Å². The minimum absolute atomic E-state index is 0.0794. The van der Waals surface area contributed by atoms with E-state index in [1.54, 1.807) is 6.20 Å². The lowest BCUT2D eigenvalue weighted by atomic mass is 10.3. The van der Waals surface area contributed by atoms with E-state index in [9.17, 15) is 4.79 Å². The van der Waals surface area contributed by atoms with E-state index >= 15 is 0 Å². The quantitative estimate of drug-likeness (QED) is 0.611. The zero-order valence-corrected chi connectivity index (χ0v) is 12.1. The Bertz CT molecular complexity index is 612. The molecular formula is C13H17ClN4O2. The van der Waals surface area contributed by atoms with Gasteiger partial charge in [0.05, 0.1) is 6.61 Å². The summed E-state index contributed by atoms with van der Waals surface area (Å²) in [6.45, 7) is 2.83. The Morgan fingerprint density at radius 2 is 2.35 bits per heavy atom. The Morgan fingerprint density at radius 1 is 1.55 bits per heavy atom. The lowest BCUT2D eigenvalue weighted by Gasteiger charge is -2.08. The number of nitrogens with zero attached hydrogens (tertiary/aromatic N) is 3. The first-order valence-corrected chi connectivity index (χ1v) is 6.89. The highest BCUT2D eigenvalue weighted by atomic mass is 35.5. The van der Waals surface area contributed by atoms with E-state index < -0.39 is 5.91 Å². The van der Waals surface area contributed by atoms with E-state index in [4.69, 9.17) is 22.1 Å². The summed E-state index contributed by atoms with van der Waals surface area (Å²) >= 11 is 5.80. The number of fused-ring (bicyclic) bond motifs is 1. The zero-order valence-electron chi connectivity index (χ0n) is 11.3. The van der Waals surface area contributed by atoms with Gasteiger partial charge in [-0.1, -0.05) is 0 Å². The van der Waals surface area contributed by atoms with E-state index in [2.05, 4.69) is 9.97 Å². The van der Waals surface area contributed by atoms with Crippen molar-refractivity contribution in [2.24, 2.45) is 5.73 Å². The number of alkyl halides is 1. The van der Waals surface area contributed by atoms with Crippen molar-refractivity contribution in [1.29, 1.82) is 0 Å². The Morgan fingerprint density at radius 3 is 3.05 bits per heavy atom. The molecule has 0 saturated heterocycles. The molecule has 0 fully saturated rings. The molecule has 0 bridgehead atoms. The summed E-state index contributed by atoms with van der Waals surface area (Å²) in [5.74, 6) is 0.885. The fourth-order valence-electron chi connectivity index (χ4n) is 2.00. The molecule has 0 aromatic carbocycles. The molecule has 2 rings (SSSR count). The number of pyridine rings is 1. The van der Waals surface area contributed by atoms with Gasteiger partial charge in [-0.25, -0.2) is 9.97 Å². The average Bonchev–Trinajstić information content (AvgIpc) is 2.72. The zero-order chi connectivity index (χ0) is 14.5. The third-order valence-electron chi connectivity index (χ3n) is 2.82. The second-order valence-corrected chi connectivity index (χ2v) is 4.87. The number of rotatable bonds is 7. The van der Waals surface area contributed by atoms with Crippen molar-refractivity contribution in [1.82, 2.24) is 14.5 Å². The molecule has 1 amide bonds. The number of aromatic nitrogens is 3. The third-order valence-corrected chi connectivity index (χ3v) is 3.01. The number of halogens is 1. The first-order valence-electron chi connectivity index (χ1n) is 6.35. The fraction of sp³-hybridized carbons (Fsp3) is 0.462. The number of carbonyl (C=O) groups is 1. The first-order chi connectivity index (χ1) is 9.61. The van der Waals surface area contributed by atoms with Gasteiger partial charge < -0.3 is 15.0 Å². The van der Waals surface area contributed by atoms with Crippen LogP contribution in [0.4, 0.5) is 0 Å². The van der Waals surface area contributed by atoms with Crippen molar-refractivity contribution in [3.05, 3.63) is 23.7 Å². The van der Waals surface area contributed by atoms with E-state index in [1.165, 1.54) is 0 Å². The van der Waals surface area contributed by atoms with Crippen molar-refractivity contribution < 1.29 is 9.53 Å². The molecule has 0 saturated carbocycles. The molecule has 0 atom stereocenters. The molecular weight excluding hydrogens is 280 g/mol. The smallest absolute Gasteiger partial charge is 0.243 e. The summed E-state index contributed by atoms with van der Waals surface area (Å²) < 4.78 is 7.16. The first kappa shape index (κ1) is 14.7. The summed E-state index contributed by atoms with van der Waals surface area (Å²) in [6.07, 6.45) is 2.46. The van der Waals surface area contributed by atoms with Crippen LogP contribution in [0.3, 0.4) is 0 Å². The standard InChI is InChI=1S/C13H17ClN4O2/c1-9-6-10-13(16-7-9)18(12(17-10)2-3-14)4-5-20-8-11(15)19/h6-7H,2-5,8H2,1H3,(H2,15,19). The van der Waals surface area contributed by atoms with Gasteiger partial charge in [0.1, 0.15) is 17.9 Å². The summed E-state index contributed by atoms with van der Waals surface area (Å²) in [4.78, 5) is 19.6. The molecule has 0 aliphatic carbocycles. The maximum atomic E-state index is 10.6. The van der Waals surface area contributed by atoms with Crippen LogP contribution in [0.5, 0.6) is 0 Å². The second kappa shape index (κ2) is 6.67. The molecule has 0 radical (unpaired) electrons. The molecule has 108 valence electrons. The summed E-state index contributed by atoms with van der Waals surface area (Å²) in [5.41, 5.74) is 7.73. The molecule has 7 heteroatoms. The maximum Gasteiger partial charge on any atom is 0.243 e. The van der Waals surface area contributed by atoms with E-state index in [0.717, 1.165) is 22.6 Å². The van der Waals surface area contributed by atoms with E-state index in [1.807, 2.05) is 17.6 Å². The van der Waals surface area contributed by atoms with Gasteiger partial charge in [0.2, 0.25) is 5.91 Å². The minimum atomic E-state index is -0.477. The van der Waals surface area contributed by atoms with Crippen LogP contribution in [-0.4, -0.2) is 39.5 Å². The number of aryl methyl sites for hydroxylation is 2. The number of primary amides is 1. The topological polar surface area (TPSA) is 83.0 Å². The largest absolute Gasteiger partial charge is 0.370 e. The van der Waals surface area contributed by atoms with Crippen molar-refractivity contribution in [2.45, 2.75) is 19.9 Å². The van der Waals surface area contributed by atoms with Gasteiger partial charge in [-0.3, -0.25) is 4.79 Å². The molecule has 2 aromatic rings. The van der Waals surface area contributed by atoms with E-state index in [0.29, 0.717) is 25.5 Å². The molecule has 20 heavy (non-hydrogen) atoms. The molecule has 2 aromatic heterocycles. The van der Waals surface area contributed by atoms with Gasteiger partial charge in [-0.05, 0) is 18.6 Å². The van der Waals surface area contributed by atoms with Gasteiger partial charge in [0.15, 0.2) is 5.65 Å². The molecule has 2 heterocycles. The maximum absolute atomic E-state index is 10.6. The predicted molar refractivity (Wildman–Crippen MR) is 76.7 cm³/mol. The monoisotopic (exact) mass is 296 g/mol. The Labute approximate surface area is 121 Å². The van der Waals surface area contributed by atoms with Crippen LogP contribution in [0.25, 0.3) is 11.2 Å². The Balaban J connectivity index is 2.19. The number of amides is 1. The van der Waals surface area contributed by atoms with Crippen molar-refractivity contribution >= 4 is 28.7 Å². The number of imidazole rings is 1. The SMILES string of the molecule is Cc1cnc2c(c1)nc(CCCl)n2CCOCC(N)=O. The molecule has 0 spiro atoms. The Hall–Kier alpha value is -1.66. The highest BCUT2D eigenvalue weighted by Crippen LogP contribution is 2.16. The van der Waals surface area contributed by atoms with Crippen molar-refractivity contribution in [2.75, 3.05) is 19.1 Å². The number of hydrogen-bond donors (Lipinski definition) is 1. The van der Waals surface area contributed by atoms with Gasteiger partial charge in [0.25, 0.3) is 0 Å². The molecule has 6 nitrogen and oxygen atoms in total. The van der Waals surface area contributed by atoms with Crippen LogP contribution in [-0.2, 0) is 22.5 Å². The molecule has 0 aliphatic rings. The van der Waals surface area contributed by atoms with E-state index in [-0.39, 0.29) is 6.61 Å². The van der Waals surface area contributed by atoms with Crippen LogP contribution < -0.4 is 5.73 Å². The Kier molecular flexibility index (Phi) is 4.92. The van der Waals surface area contributed by atoms with Gasteiger partial charge in [-0.2, -0.15) is 0 Å². The van der Waals surface area contributed by atoms with Crippen molar-refractivity contribution in [3.8, 4) is 0 Å². The summed E-state index contributed by atoms with van der Waals surface area (Å²) in [6, 6.07) is 1.99. The van der Waals surface area contributed by atoms with Gasteiger partial charge in [-0.15, -0.1) is 11.6 Å². The summed E-state index contributed by atoms with van der Waals surface area (Å²) in [5, 5.41) is 0. The number of ether oxygens (including phenoxy) is 1. The number of carbonyl (C=O) groups excluding carboxylic acids is 1. The van der Waals surface area contributed by atoms with Gasteiger partial charge in [0, 0.05) is 25.0 Å². The fourth-order valence-corrected chi connectivity index (χ4v) is 2.17. The minimum Gasteiger partial charge on any atom is -0.370 e. The molecule has 0 aliphatic heterocycles. The number of hydrogen-bond acceptors (Lipinski definition) is 4. The second-order valence-electron chi connectivity index (χ2n) is 4.49. The molecule has 0 unspecified atom stereocenters. The predicted octanol–water partition coefficient (Wildman–Crippen LogP) is 1.02. The van der Waals surface area contributed by atoms with Crippen molar-refractivity contribution in [3.63, 3.8) is 0 Å².